The van der Waals surface area contributed by atoms with Crippen molar-refractivity contribution in [2.45, 2.75) is 31.9 Å². The SMILES string of the molecule is C[C@H](O)C(=O)N1CCC(n2c(=O)[nH]c(=O)c3cnc4ccc(-c5cnc(N6CCOCC6)nc5)nc4c32)CC1. The molecule has 6 heterocycles. The number of hydrogen-bond donors (Lipinski definition) is 2. The van der Waals surface area contributed by atoms with Crippen LogP contribution in [0.1, 0.15) is 25.8 Å². The van der Waals surface area contributed by atoms with Crippen molar-refractivity contribution in [3.63, 3.8) is 0 Å². The van der Waals surface area contributed by atoms with E-state index >= 15 is 0 Å². The first-order chi connectivity index (χ1) is 18.9. The number of aliphatic hydroxyl groups excluding tert-OH is 1. The van der Waals surface area contributed by atoms with Gasteiger partial charge in [0.1, 0.15) is 11.6 Å². The van der Waals surface area contributed by atoms with Gasteiger partial charge in [0, 0.05) is 56.4 Å². The number of piperidine rings is 1. The first-order valence-electron chi connectivity index (χ1n) is 13.0. The zero-order valence-corrected chi connectivity index (χ0v) is 21.4. The predicted octanol–water partition coefficient (Wildman–Crippen LogP) is 0.471. The molecule has 39 heavy (non-hydrogen) atoms. The number of aliphatic hydroxyl groups is 1. The summed E-state index contributed by atoms with van der Waals surface area (Å²) in [5, 5.41) is 9.93. The van der Waals surface area contributed by atoms with E-state index in [0.29, 0.717) is 72.9 Å². The summed E-state index contributed by atoms with van der Waals surface area (Å²) in [5.41, 5.74) is 1.57. The Morgan fingerprint density at radius 2 is 1.77 bits per heavy atom. The second-order valence-electron chi connectivity index (χ2n) is 9.82. The summed E-state index contributed by atoms with van der Waals surface area (Å²) in [6.07, 6.45) is 4.76. The van der Waals surface area contributed by atoms with Crippen molar-refractivity contribution >= 4 is 33.8 Å². The Bertz CT molecular complexity index is 1650. The number of carbonyl (C=O) groups is 1. The van der Waals surface area contributed by atoms with Crippen LogP contribution >= 0.6 is 0 Å². The van der Waals surface area contributed by atoms with Crippen LogP contribution in [0.3, 0.4) is 0 Å². The van der Waals surface area contributed by atoms with Crippen molar-refractivity contribution in [3.05, 3.63) is 51.6 Å². The highest BCUT2D eigenvalue weighted by Gasteiger charge is 2.28. The van der Waals surface area contributed by atoms with Gasteiger partial charge in [0.15, 0.2) is 0 Å². The third-order valence-corrected chi connectivity index (χ3v) is 7.34. The van der Waals surface area contributed by atoms with Gasteiger partial charge in [-0.15, -0.1) is 0 Å². The molecule has 2 aliphatic rings. The minimum absolute atomic E-state index is 0.258. The summed E-state index contributed by atoms with van der Waals surface area (Å²) in [7, 11) is 0. The number of amides is 1. The first-order valence-corrected chi connectivity index (χ1v) is 13.0. The van der Waals surface area contributed by atoms with Crippen molar-refractivity contribution in [2.24, 2.45) is 0 Å². The van der Waals surface area contributed by atoms with Gasteiger partial charge in [-0.25, -0.2) is 19.7 Å². The van der Waals surface area contributed by atoms with Crippen LogP contribution in [-0.4, -0.2) is 90.9 Å². The van der Waals surface area contributed by atoms with E-state index in [1.165, 1.54) is 13.1 Å². The number of nitrogens with zero attached hydrogens (tertiary/aromatic N) is 7. The Labute approximate surface area is 222 Å². The molecule has 2 aliphatic heterocycles. The fourth-order valence-electron chi connectivity index (χ4n) is 5.29. The number of H-pyrrole nitrogens is 1. The first kappa shape index (κ1) is 25.1. The molecule has 0 aliphatic carbocycles. The highest BCUT2D eigenvalue weighted by Crippen LogP contribution is 2.29. The number of pyridine rings is 2. The molecule has 0 spiro atoms. The number of rotatable bonds is 4. The van der Waals surface area contributed by atoms with E-state index in [9.17, 15) is 19.5 Å². The second kappa shape index (κ2) is 10.2. The molecule has 13 heteroatoms. The van der Waals surface area contributed by atoms with Crippen LogP contribution in [0.15, 0.2) is 40.3 Å². The van der Waals surface area contributed by atoms with E-state index < -0.39 is 17.4 Å². The number of fused-ring (bicyclic) bond motifs is 3. The van der Waals surface area contributed by atoms with Gasteiger partial charge >= 0.3 is 5.69 Å². The van der Waals surface area contributed by atoms with Gasteiger partial charge in [-0.3, -0.25) is 24.1 Å². The largest absolute Gasteiger partial charge is 0.384 e. The molecule has 202 valence electrons. The molecule has 4 aromatic rings. The summed E-state index contributed by atoms with van der Waals surface area (Å²) in [6, 6.07) is 3.33. The van der Waals surface area contributed by atoms with Crippen LogP contribution in [0.4, 0.5) is 5.95 Å². The number of hydrogen-bond acceptors (Lipinski definition) is 10. The molecule has 2 fully saturated rings. The molecule has 6 rings (SSSR count). The molecule has 4 aromatic heterocycles. The van der Waals surface area contributed by atoms with E-state index in [4.69, 9.17) is 9.72 Å². The summed E-state index contributed by atoms with van der Waals surface area (Å²) in [6.45, 7) is 4.93. The van der Waals surface area contributed by atoms with Crippen LogP contribution < -0.4 is 16.1 Å². The van der Waals surface area contributed by atoms with Crippen LogP contribution in [0.2, 0.25) is 0 Å². The lowest BCUT2D eigenvalue weighted by Crippen LogP contribution is -2.45. The van der Waals surface area contributed by atoms with Gasteiger partial charge < -0.3 is 19.6 Å². The topological polar surface area (TPSA) is 159 Å². The third kappa shape index (κ3) is 4.63. The molecule has 2 saturated heterocycles. The average Bonchev–Trinajstić information content (AvgIpc) is 2.97. The Morgan fingerprint density at radius 3 is 2.46 bits per heavy atom. The molecule has 0 radical (unpaired) electrons. The normalized spacial score (nSPS) is 17.6. The van der Waals surface area contributed by atoms with Crippen LogP contribution in [0.25, 0.3) is 33.2 Å². The second-order valence-corrected chi connectivity index (χ2v) is 9.82. The summed E-state index contributed by atoms with van der Waals surface area (Å²) < 4.78 is 6.97. The minimum atomic E-state index is -1.08. The summed E-state index contributed by atoms with van der Waals surface area (Å²) >= 11 is 0. The van der Waals surface area contributed by atoms with E-state index in [1.54, 1.807) is 27.9 Å². The predicted molar refractivity (Wildman–Crippen MR) is 143 cm³/mol. The van der Waals surface area contributed by atoms with Gasteiger partial charge in [0.25, 0.3) is 11.5 Å². The summed E-state index contributed by atoms with van der Waals surface area (Å²) in [5.74, 6) is 0.283. The molecule has 0 aromatic carbocycles. The average molecular weight is 533 g/mol. The Morgan fingerprint density at radius 1 is 1.05 bits per heavy atom. The van der Waals surface area contributed by atoms with Crippen molar-refractivity contribution in [1.82, 2.24) is 34.4 Å². The fraction of sp³-hybridized carbons (Fsp3) is 0.423. The van der Waals surface area contributed by atoms with Crippen LogP contribution in [0, 0.1) is 0 Å². The van der Waals surface area contributed by atoms with Crippen LogP contribution in [-0.2, 0) is 9.53 Å². The van der Waals surface area contributed by atoms with E-state index in [1.807, 2.05) is 6.07 Å². The van der Waals surface area contributed by atoms with Gasteiger partial charge in [-0.1, -0.05) is 0 Å². The van der Waals surface area contributed by atoms with Gasteiger partial charge in [-0.2, -0.15) is 0 Å². The molecule has 0 saturated carbocycles. The van der Waals surface area contributed by atoms with Crippen molar-refractivity contribution in [2.75, 3.05) is 44.3 Å². The molecule has 0 bridgehead atoms. The Hall–Kier alpha value is -4.23. The maximum Gasteiger partial charge on any atom is 0.329 e. The van der Waals surface area contributed by atoms with Crippen molar-refractivity contribution < 1.29 is 14.6 Å². The van der Waals surface area contributed by atoms with Gasteiger partial charge in [0.05, 0.1) is 35.3 Å². The zero-order valence-electron chi connectivity index (χ0n) is 21.4. The number of anilines is 1. The lowest BCUT2D eigenvalue weighted by Gasteiger charge is -2.34. The number of aromatic amines is 1. The Kier molecular flexibility index (Phi) is 6.53. The molecule has 1 atom stereocenters. The monoisotopic (exact) mass is 532 g/mol. The number of ether oxygens (including phenoxy) is 1. The molecule has 0 unspecified atom stereocenters. The highest BCUT2D eigenvalue weighted by atomic mass is 16.5. The van der Waals surface area contributed by atoms with E-state index in [0.717, 1.165) is 13.1 Å². The van der Waals surface area contributed by atoms with Gasteiger partial charge in [0.2, 0.25) is 5.95 Å². The minimum Gasteiger partial charge on any atom is -0.384 e. The van der Waals surface area contributed by atoms with Crippen LogP contribution in [0.5, 0.6) is 0 Å². The highest BCUT2D eigenvalue weighted by molar-refractivity contribution is 6.01. The standard InChI is InChI=1S/C26H28N8O5/c1-15(35)24(37)32-6-4-17(5-7-32)34-22-18(23(36)31-26(34)38)14-27-20-3-2-19(30-21(20)22)16-12-28-25(29-13-16)33-8-10-39-11-9-33/h2-3,12-15,17,35H,4-11H2,1H3,(H,31,36,38)/t15-/m0/s1. The number of carbonyl (C=O) groups excluding carboxylic acids is 1. The fourth-order valence-corrected chi connectivity index (χ4v) is 5.29. The Balaban J connectivity index is 1.41. The lowest BCUT2D eigenvalue weighted by molar-refractivity contribution is -0.140. The lowest BCUT2D eigenvalue weighted by atomic mass is 10.0. The maximum absolute atomic E-state index is 13.2. The number of aromatic nitrogens is 6. The summed E-state index contributed by atoms with van der Waals surface area (Å²) in [4.78, 5) is 62.6. The smallest absolute Gasteiger partial charge is 0.329 e. The van der Waals surface area contributed by atoms with E-state index in [-0.39, 0.29) is 17.3 Å². The molecule has 2 N–H and O–H groups in total. The maximum atomic E-state index is 13.2. The molecule has 13 nitrogen and oxygen atoms in total. The molecular weight excluding hydrogens is 504 g/mol. The number of nitrogens with one attached hydrogen (secondary N) is 1. The zero-order chi connectivity index (χ0) is 27.1. The molecule has 1 amide bonds. The van der Waals surface area contributed by atoms with Crippen molar-refractivity contribution in [1.29, 1.82) is 0 Å². The van der Waals surface area contributed by atoms with Crippen molar-refractivity contribution in [3.8, 4) is 11.3 Å². The number of likely N-dealkylation sites (tertiary alicyclic amines) is 1. The number of morpholine rings is 1. The quantitative estimate of drug-likeness (QED) is 0.354. The molecular formula is C26H28N8O5. The third-order valence-electron chi connectivity index (χ3n) is 7.34. The van der Waals surface area contributed by atoms with Gasteiger partial charge in [-0.05, 0) is 31.9 Å². The van der Waals surface area contributed by atoms with E-state index in [2.05, 4.69) is 24.8 Å².